The fraction of sp³-hybridized carbons (Fsp3) is 0.286. The summed E-state index contributed by atoms with van der Waals surface area (Å²) in [4.78, 5) is 17.6. The van der Waals surface area contributed by atoms with Crippen LogP contribution >= 0.6 is 0 Å². The number of aromatic nitrogens is 4. The van der Waals surface area contributed by atoms with Crippen LogP contribution in [0.1, 0.15) is 12.5 Å². The summed E-state index contributed by atoms with van der Waals surface area (Å²) in [6.07, 6.45) is 3.88. The van der Waals surface area contributed by atoms with Gasteiger partial charge in [-0.05, 0) is 6.42 Å². The Morgan fingerprint density at radius 3 is 3.25 bits per heavy atom. The number of fused-ring (bicyclic) bond motifs is 1. The van der Waals surface area contributed by atoms with Crippen molar-refractivity contribution in [3.8, 4) is 0 Å². The Kier molecular flexibility index (Phi) is 1.43. The second-order valence-corrected chi connectivity index (χ2v) is 2.47. The van der Waals surface area contributed by atoms with Gasteiger partial charge in [-0.3, -0.25) is 4.98 Å². The third kappa shape index (κ3) is 0.827. The first-order chi connectivity index (χ1) is 5.83. The average Bonchev–Trinajstić information content (AvgIpc) is 2.49. The smallest absolute Gasteiger partial charge is 0.296 e. The molecule has 0 fully saturated rings. The van der Waals surface area contributed by atoms with Crippen LogP contribution in [0.25, 0.3) is 5.65 Å². The first kappa shape index (κ1) is 7.02. The van der Waals surface area contributed by atoms with Crippen LogP contribution in [0.5, 0.6) is 0 Å². The van der Waals surface area contributed by atoms with Crippen molar-refractivity contribution in [1.82, 2.24) is 19.6 Å². The monoisotopic (exact) mass is 164 g/mol. The van der Waals surface area contributed by atoms with E-state index >= 15 is 0 Å². The minimum atomic E-state index is -0.250. The van der Waals surface area contributed by atoms with Crippen molar-refractivity contribution in [2.75, 3.05) is 0 Å². The lowest BCUT2D eigenvalue weighted by Crippen LogP contribution is -2.17. The maximum atomic E-state index is 11.1. The molecule has 0 spiro atoms. The predicted octanol–water partition coefficient (Wildman–Crippen LogP) is -0.0200. The molecule has 0 aromatic carbocycles. The molecule has 0 atom stereocenters. The van der Waals surface area contributed by atoms with Gasteiger partial charge in [0.05, 0.1) is 12.5 Å². The molecule has 2 rings (SSSR count). The topological polar surface area (TPSA) is 63.1 Å². The van der Waals surface area contributed by atoms with Gasteiger partial charge in [0.25, 0.3) is 0 Å². The zero-order valence-electron chi connectivity index (χ0n) is 6.61. The summed E-state index contributed by atoms with van der Waals surface area (Å²) in [6, 6.07) is 0. The standard InChI is InChI=1S/C7H8N4O/c1-2-5-3-10-11-6(5)8-4-9-7(11)12/h3-4H,2H2,1H3,(H,8,9,12). The molecule has 2 aromatic heterocycles. The Balaban J connectivity index is 2.89. The highest BCUT2D eigenvalue weighted by Gasteiger charge is 2.03. The summed E-state index contributed by atoms with van der Waals surface area (Å²) in [6.45, 7) is 2.00. The van der Waals surface area contributed by atoms with E-state index in [2.05, 4.69) is 15.1 Å². The van der Waals surface area contributed by atoms with Crippen LogP contribution < -0.4 is 5.69 Å². The molecule has 0 aliphatic rings. The number of hydrogen-bond donors (Lipinski definition) is 1. The fourth-order valence-corrected chi connectivity index (χ4v) is 1.12. The molecule has 0 bridgehead atoms. The molecular formula is C7H8N4O. The molecule has 12 heavy (non-hydrogen) atoms. The maximum absolute atomic E-state index is 11.1. The van der Waals surface area contributed by atoms with E-state index in [0.29, 0.717) is 5.65 Å². The largest absolute Gasteiger partial charge is 0.349 e. The average molecular weight is 164 g/mol. The molecule has 0 saturated heterocycles. The van der Waals surface area contributed by atoms with E-state index in [1.807, 2.05) is 6.92 Å². The van der Waals surface area contributed by atoms with E-state index < -0.39 is 0 Å². The first-order valence-electron chi connectivity index (χ1n) is 3.73. The van der Waals surface area contributed by atoms with Gasteiger partial charge in [0.2, 0.25) is 0 Å². The van der Waals surface area contributed by atoms with Crippen molar-refractivity contribution in [1.29, 1.82) is 0 Å². The van der Waals surface area contributed by atoms with Gasteiger partial charge < -0.3 is 0 Å². The number of rotatable bonds is 1. The molecule has 0 radical (unpaired) electrons. The zero-order valence-corrected chi connectivity index (χ0v) is 6.61. The van der Waals surface area contributed by atoms with Crippen molar-refractivity contribution in [2.45, 2.75) is 13.3 Å². The number of H-pyrrole nitrogens is 1. The predicted molar refractivity (Wildman–Crippen MR) is 43.0 cm³/mol. The number of hydrogen-bond acceptors (Lipinski definition) is 3. The fourth-order valence-electron chi connectivity index (χ4n) is 1.12. The summed E-state index contributed by atoms with van der Waals surface area (Å²) in [7, 11) is 0. The molecule has 0 aliphatic carbocycles. The van der Waals surface area contributed by atoms with Crippen LogP contribution in [-0.4, -0.2) is 19.6 Å². The molecular weight excluding hydrogens is 156 g/mol. The molecule has 0 aliphatic heterocycles. The molecule has 0 amide bonds. The van der Waals surface area contributed by atoms with Crippen LogP contribution in [0.15, 0.2) is 17.3 Å². The van der Waals surface area contributed by atoms with E-state index in [0.717, 1.165) is 12.0 Å². The molecule has 1 N–H and O–H groups in total. The third-order valence-electron chi connectivity index (χ3n) is 1.77. The Hall–Kier alpha value is -1.65. The van der Waals surface area contributed by atoms with Gasteiger partial charge in [-0.15, -0.1) is 0 Å². The van der Waals surface area contributed by atoms with Gasteiger partial charge in [-0.2, -0.15) is 9.61 Å². The van der Waals surface area contributed by atoms with Gasteiger partial charge in [-0.1, -0.05) is 6.92 Å². The lowest BCUT2D eigenvalue weighted by Gasteiger charge is -1.90. The second-order valence-electron chi connectivity index (χ2n) is 2.47. The van der Waals surface area contributed by atoms with Gasteiger partial charge in [0.1, 0.15) is 0 Å². The van der Waals surface area contributed by atoms with Gasteiger partial charge >= 0.3 is 5.69 Å². The summed E-state index contributed by atoms with van der Waals surface area (Å²) in [5.41, 5.74) is 1.38. The van der Waals surface area contributed by atoms with E-state index in [1.54, 1.807) is 6.20 Å². The van der Waals surface area contributed by atoms with Gasteiger partial charge in [0.15, 0.2) is 5.65 Å². The number of aryl methyl sites for hydroxylation is 1. The van der Waals surface area contributed by atoms with Crippen LogP contribution in [0.2, 0.25) is 0 Å². The van der Waals surface area contributed by atoms with Gasteiger partial charge in [-0.25, -0.2) is 9.78 Å². The van der Waals surface area contributed by atoms with Crippen molar-refractivity contribution in [3.63, 3.8) is 0 Å². The number of aromatic amines is 1. The highest BCUT2D eigenvalue weighted by Crippen LogP contribution is 2.03. The minimum Gasteiger partial charge on any atom is -0.296 e. The number of nitrogens with zero attached hydrogens (tertiary/aromatic N) is 3. The lowest BCUT2D eigenvalue weighted by atomic mass is 10.3. The molecule has 5 nitrogen and oxygen atoms in total. The molecule has 2 heterocycles. The molecule has 5 heteroatoms. The Morgan fingerprint density at radius 2 is 2.50 bits per heavy atom. The van der Waals surface area contributed by atoms with Crippen molar-refractivity contribution < 1.29 is 0 Å². The van der Waals surface area contributed by atoms with Crippen LogP contribution in [0, 0.1) is 0 Å². The summed E-state index contributed by atoms with van der Waals surface area (Å²) >= 11 is 0. The lowest BCUT2D eigenvalue weighted by molar-refractivity contribution is 0.840. The van der Waals surface area contributed by atoms with E-state index in [9.17, 15) is 4.79 Å². The van der Waals surface area contributed by atoms with Crippen LogP contribution in [0.4, 0.5) is 0 Å². The van der Waals surface area contributed by atoms with Crippen molar-refractivity contribution in [2.24, 2.45) is 0 Å². The molecule has 0 saturated carbocycles. The quantitative estimate of drug-likeness (QED) is 0.644. The Morgan fingerprint density at radius 1 is 1.67 bits per heavy atom. The normalized spacial score (nSPS) is 10.8. The zero-order chi connectivity index (χ0) is 8.55. The third-order valence-corrected chi connectivity index (χ3v) is 1.77. The van der Waals surface area contributed by atoms with E-state index in [4.69, 9.17) is 0 Å². The summed E-state index contributed by atoms with van der Waals surface area (Å²) in [5.74, 6) is 0. The minimum absolute atomic E-state index is 0.250. The van der Waals surface area contributed by atoms with E-state index in [1.165, 1.54) is 10.8 Å². The molecule has 0 unspecified atom stereocenters. The highest BCUT2D eigenvalue weighted by atomic mass is 16.1. The molecule has 2 aromatic rings. The first-order valence-corrected chi connectivity index (χ1v) is 3.73. The van der Waals surface area contributed by atoms with E-state index in [-0.39, 0.29) is 5.69 Å². The van der Waals surface area contributed by atoms with Crippen LogP contribution in [-0.2, 0) is 6.42 Å². The van der Waals surface area contributed by atoms with Crippen LogP contribution in [0.3, 0.4) is 0 Å². The molecule has 62 valence electrons. The van der Waals surface area contributed by atoms with Crippen molar-refractivity contribution in [3.05, 3.63) is 28.6 Å². The maximum Gasteiger partial charge on any atom is 0.349 e. The summed E-state index contributed by atoms with van der Waals surface area (Å²) < 4.78 is 1.26. The second kappa shape index (κ2) is 2.44. The SMILES string of the molecule is CCc1cnn2c(=O)[nH]cnc12. The van der Waals surface area contributed by atoms with Gasteiger partial charge in [0, 0.05) is 5.56 Å². The Labute approximate surface area is 68.1 Å². The summed E-state index contributed by atoms with van der Waals surface area (Å²) in [5, 5.41) is 3.90. The van der Waals surface area contributed by atoms with Crippen molar-refractivity contribution >= 4 is 5.65 Å². The highest BCUT2D eigenvalue weighted by molar-refractivity contribution is 5.44. The Bertz CT molecular complexity index is 456. The number of nitrogens with one attached hydrogen (secondary N) is 1.